The lowest BCUT2D eigenvalue weighted by Gasteiger charge is -2.12. The first-order valence-electron chi connectivity index (χ1n) is 11.0. The minimum atomic E-state index is -0.469. The van der Waals surface area contributed by atoms with Crippen molar-refractivity contribution in [2.75, 3.05) is 20.8 Å². The number of hydrogen-bond donors (Lipinski definition) is 2. The van der Waals surface area contributed by atoms with E-state index in [1.165, 1.54) is 38.5 Å². The third kappa shape index (κ3) is 6.12. The molecule has 37 heavy (non-hydrogen) atoms. The molecule has 2 aromatic carbocycles. The number of amides is 1. The number of ether oxygens (including phenoxy) is 3. The van der Waals surface area contributed by atoms with Gasteiger partial charge < -0.3 is 24.5 Å². The molecule has 2 N–H and O–H groups in total. The minimum Gasteiger partial charge on any atom is -0.494 e. The van der Waals surface area contributed by atoms with Crippen LogP contribution >= 0.6 is 15.9 Å². The van der Waals surface area contributed by atoms with E-state index in [4.69, 9.17) is 14.2 Å². The van der Waals surface area contributed by atoms with Crippen LogP contribution in [0.3, 0.4) is 0 Å². The number of halogens is 2. The van der Waals surface area contributed by atoms with Gasteiger partial charge in [-0.1, -0.05) is 0 Å². The molecule has 0 saturated heterocycles. The Morgan fingerprint density at radius 1 is 1.03 bits per heavy atom. The van der Waals surface area contributed by atoms with Crippen LogP contribution in [0.1, 0.15) is 26.5 Å². The molecule has 0 unspecified atom stereocenters. The molecular formula is C26H22BrFN4O5. The Bertz CT molecular complexity index is 1430. The van der Waals surface area contributed by atoms with Gasteiger partial charge in [-0.2, -0.15) is 0 Å². The summed E-state index contributed by atoms with van der Waals surface area (Å²) < 4.78 is 30.3. The van der Waals surface area contributed by atoms with E-state index in [2.05, 4.69) is 36.2 Å². The number of carbonyl (C=O) groups excluding carboxylic acids is 2. The van der Waals surface area contributed by atoms with Gasteiger partial charge in [0.2, 0.25) is 0 Å². The maximum absolute atomic E-state index is 13.7. The van der Waals surface area contributed by atoms with Crippen molar-refractivity contribution >= 4 is 27.6 Å². The van der Waals surface area contributed by atoms with Crippen LogP contribution < -0.4 is 19.5 Å². The first kappa shape index (κ1) is 25.8. The second-order valence-corrected chi connectivity index (χ2v) is 8.57. The number of hydrogen-bond acceptors (Lipinski definition) is 7. The normalized spacial score (nSPS) is 10.6. The summed E-state index contributed by atoms with van der Waals surface area (Å²) in [6.45, 7) is -0.0345. The zero-order valence-corrected chi connectivity index (χ0v) is 21.5. The Balaban J connectivity index is 1.44. The van der Waals surface area contributed by atoms with Gasteiger partial charge in [-0.05, 0) is 64.5 Å². The average molecular weight is 569 g/mol. The van der Waals surface area contributed by atoms with E-state index < -0.39 is 17.5 Å². The number of aromatic nitrogens is 3. The van der Waals surface area contributed by atoms with Gasteiger partial charge in [0, 0.05) is 11.1 Å². The standard InChI is InChI=1S/C26H22BrFN4O5/c1-35-23-8-6-20(32-25(23)15-3-5-19(28)18(27)9-15)21(33)12-30-26(34)16-4-7-22(24(10-16)36-2)37-13-17-11-29-14-31-17/h3-11,14H,12-13H2,1-2H3,(H,29,31)(H,30,34). The molecule has 0 spiro atoms. The van der Waals surface area contributed by atoms with Crippen LogP contribution in [-0.4, -0.2) is 47.4 Å². The number of imidazole rings is 1. The Kier molecular flexibility index (Phi) is 8.14. The summed E-state index contributed by atoms with van der Waals surface area (Å²) in [5.41, 5.74) is 2.13. The number of nitrogens with zero attached hydrogens (tertiary/aromatic N) is 2. The number of pyridine rings is 1. The van der Waals surface area contributed by atoms with E-state index in [0.717, 1.165) is 5.69 Å². The molecule has 0 saturated carbocycles. The van der Waals surface area contributed by atoms with Crippen molar-refractivity contribution in [3.8, 4) is 28.5 Å². The third-order valence-corrected chi connectivity index (χ3v) is 5.94. The maximum Gasteiger partial charge on any atom is 0.251 e. The van der Waals surface area contributed by atoms with Crippen molar-refractivity contribution in [2.45, 2.75) is 6.61 Å². The fourth-order valence-electron chi connectivity index (χ4n) is 3.42. The first-order valence-corrected chi connectivity index (χ1v) is 11.8. The average Bonchev–Trinajstić information content (AvgIpc) is 3.45. The van der Waals surface area contributed by atoms with Gasteiger partial charge in [-0.25, -0.2) is 14.4 Å². The molecule has 0 fully saturated rings. The van der Waals surface area contributed by atoms with Gasteiger partial charge in [-0.3, -0.25) is 9.59 Å². The highest BCUT2D eigenvalue weighted by atomic mass is 79.9. The summed E-state index contributed by atoms with van der Waals surface area (Å²) in [5.74, 6) is -0.0712. The topological polar surface area (TPSA) is 115 Å². The fraction of sp³-hybridized carbons (Fsp3) is 0.154. The number of methoxy groups -OCH3 is 2. The highest BCUT2D eigenvalue weighted by Gasteiger charge is 2.17. The number of rotatable bonds is 10. The molecule has 0 atom stereocenters. The molecule has 2 heterocycles. The number of H-pyrrole nitrogens is 1. The van der Waals surface area contributed by atoms with Crippen LogP contribution in [0.4, 0.5) is 4.39 Å². The van der Waals surface area contributed by atoms with E-state index >= 15 is 0 Å². The molecule has 190 valence electrons. The molecule has 0 aliphatic heterocycles. The molecular weight excluding hydrogens is 547 g/mol. The minimum absolute atomic E-state index is 0.122. The number of benzene rings is 2. The van der Waals surface area contributed by atoms with E-state index in [0.29, 0.717) is 28.5 Å². The van der Waals surface area contributed by atoms with Crippen LogP contribution in [0.5, 0.6) is 17.2 Å². The van der Waals surface area contributed by atoms with Crippen molar-refractivity contribution in [1.29, 1.82) is 0 Å². The Labute approximate surface area is 220 Å². The van der Waals surface area contributed by atoms with Crippen LogP contribution in [0.2, 0.25) is 0 Å². The van der Waals surface area contributed by atoms with E-state index in [9.17, 15) is 14.0 Å². The second-order valence-electron chi connectivity index (χ2n) is 7.71. The van der Waals surface area contributed by atoms with Gasteiger partial charge in [0.05, 0.1) is 43.5 Å². The van der Waals surface area contributed by atoms with Crippen LogP contribution in [-0.2, 0) is 6.61 Å². The number of nitrogens with one attached hydrogen (secondary N) is 2. The van der Waals surface area contributed by atoms with Gasteiger partial charge >= 0.3 is 0 Å². The second kappa shape index (κ2) is 11.7. The van der Waals surface area contributed by atoms with Gasteiger partial charge in [0.25, 0.3) is 5.91 Å². The van der Waals surface area contributed by atoms with E-state index in [-0.39, 0.29) is 28.9 Å². The SMILES string of the molecule is COc1cc(C(=O)NCC(=O)c2ccc(OC)c(-c3ccc(F)c(Br)c3)n2)ccc1OCc1cnc[nH]1. The third-order valence-electron chi connectivity index (χ3n) is 5.33. The van der Waals surface area contributed by atoms with Gasteiger partial charge in [0.15, 0.2) is 17.3 Å². The number of Topliss-reactive ketones (excluding diaryl/α,β-unsaturated/α-hetero) is 1. The lowest BCUT2D eigenvalue weighted by Crippen LogP contribution is -2.30. The number of ketones is 1. The molecule has 2 aromatic heterocycles. The van der Waals surface area contributed by atoms with Crippen LogP contribution in [0.25, 0.3) is 11.3 Å². The maximum atomic E-state index is 13.7. The lowest BCUT2D eigenvalue weighted by atomic mass is 10.1. The summed E-state index contributed by atoms with van der Waals surface area (Å²) in [4.78, 5) is 36.8. The van der Waals surface area contributed by atoms with Crippen molar-refractivity contribution in [1.82, 2.24) is 20.3 Å². The molecule has 0 aliphatic rings. The number of aromatic amines is 1. The van der Waals surface area contributed by atoms with E-state index in [1.54, 1.807) is 36.8 Å². The Morgan fingerprint density at radius 2 is 1.81 bits per heavy atom. The lowest BCUT2D eigenvalue weighted by molar-refractivity contribution is 0.0902. The van der Waals surface area contributed by atoms with Gasteiger partial charge in [0.1, 0.15) is 29.6 Å². The monoisotopic (exact) mass is 568 g/mol. The molecule has 0 aliphatic carbocycles. The van der Waals surface area contributed by atoms with Crippen molar-refractivity contribution in [2.24, 2.45) is 0 Å². The molecule has 1 amide bonds. The predicted molar refractivity (Wildman–Crippen MR) is 136 cm³/mol. The summed E-state index contributed by atoms with van der Waals surface area (Å²) >= 11 is 3.15. The van der Waals surface area contributed by atoms with Crippen molar-refractivity contribution in [3.05, 3.63) is 88.3 Å². The number of carbonyl (C=O) groups is 2. The summed E-state index contributed by atoms with van der Waals surface area (Å²) in [5, 5.41) is 2.60. The summed E-state index contributed by atoms with van der Waals surface area (Å²) in [7, 11) is 2.94. The predicted octanol–water partition coefficient (Wildman–Crippen LogP) is 4.58. The van der Waals surface area contributed by atoms with Crippen LogP contribution in [0.15, 0.2) is 65.5 Å². The fourth-order valence-corrected chi connectivity index (χ4v) is 3.80. The molecule has 9 nitrogen and oxygen atoms in total. The molecule has 0 radical (unpaired) electrons. The van der Waals surface area contributed by atoms with E-state index in [1.807, 2.05) is 0 Å². The molecule has 11 heteroatoms. The first-order chi connectivity index (χ1) is 17.9. The van der Waals surface area contributed by atoms with Crippen molar-refractivity contribution < 1.29 is 28.2 Å². The highest BCUT2D eigenvalue weighted by Crippen LogP contribution is 2.31. The smallest absolute Gasteiger partial charge is 0.251 e. The zero-order chi connectivity index (χ0) is 26.4. The molecule has 4 rings (SSSR count). The summed E-state index contributed by atoms with van der Waals surface area (Å²) in [6.07, 6.45) is 3.19. The quantitative estimate of drug-likeness (QED) is 0.269. The Morgan fingerprint density at radius 3 is 2.51 bits per heavy atom. The van der Waals surface area contributed by atoms with Gasteiger partial charge in [-0.15, -0.1) is 0 Å². The molecule has 4 aromatic rings. The largest absolute Gasteiger partial charge is 0.494 e. The highest BCUT2D eigenvalue weighted by molar-refractivity contribution is 9.10. The van der Waals surface area contributed by atoms with Crippen LogP contribution in [0, 0.1) is 5.82 Å². The Hall–Kier alpha value is -4.25. The summed E-state index contributed by atoms with van der Waals surface area (Å²) in [6, 6.07) is 12.2. The zero-order valence-electron chi connectivity index (χ0n) is 19.9. The molecule has 0 bridgehead atoms. The van der Waals surface area contributed by atoms with Crippen molar-refractivity contribution in [3.63, 3.8) is 0 Å².